The zero-order valence-electron chi connectivity index (χ0n) is 16.0. The number of methoxy groups -OCH3 is 1. The molecule has 0 radical (unpaired) electrons. The Kier molecular flexibility index (Phi) is 4.97. The summed E-state index contributed by atoms with van der Waals surface area (Å²) in [6, 6.07) is 20.7. The molecule has 0 saturated carbocycles. The molecule has 150 valence electrons. The molecule has 30 heavy (non-hydrogen) atoms. The Labute approximate surface area is 173 Å². The Morgan fingerprint density at radius 1 is 0.700 bits per heavy atom. The number of nitrogens with one attached hydrogen (secondary N) is 1. The van der Waals surface area contributed by atoms with Crippen molar-refractivity contribution in [1.82, 2.24) is 4.72 Å². The molecule has 1 N–H and O–H groups in total. The first-order valence-electron chi connectivity index (χ1n) is 9.08. The first kappa shape index (κ1) is 19.6. The molecule has 0 bridgehead atoms. The first-order valence-corrected chi connectivity index (χ1v) is 10.6. The Bertz CT molecular complexity index is 1290. The summed E-state index contributed by atoms with van der Waals surface area (Å²) >= 11 is 0. The van der Waals surface area contributed by atoms with Crippen LogP contribution in [0.3, 0.4) is 0 Å². The number of para-hydroxylation sites is 1. The number of carbonyl (C=O) groups is 2. The van der Waals surface area contributed by atoms with E-state index in [0.29, 0.717) is 11.3 Å². The van der Waals surface area contributed by atoms with Gasteiger partial charge < -0.3 is 4.74 Å². The van der Waals surface area contributed by atoms with Gasteiger partial charge in [0.25, 0.3) is 10.0 Å². The molecule has 0 unspecified atom stereocenters. The van der Waals surface area contributed by atoms with Gasteiger partial charge in [0.2, 0.25) is 5.78 Å². The number of rotatable bonds is 5. The maximum atomic E-state index is 13.4. The number of ketones is 2. The summed E-state index contributed by atoms with van der Waals surface area (Å²) in [5.74, 6) is -0.685. The van der Waals surface area contributed by atoms with E-state index in [9.17, 15) is 18.0 Å². The van der Waals surface area contributed by atoms with Gasteiger partial charge in [0.05, 0.1) is 17.6 Å². The van der Waals surface area contributed by atoms with Crippen LogP contribution in [-0.2, 0) is 10.0 Å². The minimum Gasteiger partial charge on any atom is -0.496 e. The molecule has 3 aromatic rings. The third kappa shape index (κ3) is 3.29. The molecule has 3 aromatic carbocycles. The third-order valence-electron chi connectivity index (χ3n) is 4.79. The highest BCUT2D eigenvalue weighted by Gasteiger charge is 2.36. The predicted octanol–water partition coefficient (Wildman–Crippen LogP) is 3.46. The lowest BCUT2D eigenvalue weighted by atomic mass is 9.84. The Hall–Kier alpha value is -3.71. The van der Waals surface area contributed by atoms with Crippen molar-refractivity contribution in [3.05, 3.63) is 101 Å². The summed E-state index contributed by atoms with van der Waals surface area (Å²) in [7, 11) is -2.66. The molecular weight excluding hydrogens is 402 g/mol. The van der Waals surface area contributed by atoms with Crippen LogP contribution in [0.1, 0.15) is 26.3 Å². The number of Topliss-reactive ketones (excluding diaryl/α,β-unsaturated/α-hetero) is 2. The number of carbonyl (C=O) groups excluding carboxylic acids is 2. The molecule has 7 heteroatoms. The molecule has 0 aromatic heterocycles. The minimum atomic E-state index is -4.10. The fourth-order valence-electron chi connectivity index (χ4n) is 3.37. The number of benzene rings is 3. The monoisotopic (exact) mass is 419 g/mol. The quantitative estimate of drug-likeness (QED) is 0.684. The van der Waals surface area contributed by atoms with Gasteiger partial charge in [-0.1, -0.05) is 60.7 Å². The highest BCUT2D eigenvalue weighted by molar-refractivity contribution is 7.89. The van der Waals surface area contributed by atoms with E-state index in [4.69, 9.17) is 4.74 Å². The second-order valence-corrected chi connectivity index (χ2v) is 8.26. The molecule has 0 saturated heterocycles. The summed E-state index contributed by atoms with van der Waals surface area (Å²) in [6.45, 7) is 0. The van der Waals surface area contributed by atoms with E-state index in [1.165, 1.54) is 25.3 Å². The van der Waals surface area contributed by atoms with E-state index in [-0.39, 0.29) is 27.3 Å². The van der Waals surface area contributed by atoms with Crippen LogP contribution in [0, 0.1) is 0 Å². The van der Waals surface area contributed by atoms with Crippen LogP contribution in [0.4, 0.5) is 0 Å². The molecule has 0 heterocycles. The van der Waals surface area contributed by atoms with E-state index in [0.717, 1.165) is 0 Å². The van der Waals surface area contributed by atoms with Gasteiger partial charge in [-0.05, 0) is 18.2 Å². The predicted molar refractivity (Wildman–Crippen MR) is 112 cm³/mol. The lowest BCUT2D eigenvalue weighted by molar-refractivity contribution is 0.0988. The van der Waals surface area contributed by atoms with Gasteiger partial charge in [0.1, 0.15) is 11.4 Å². The van der Waals surface area contributed by atoms with Gasteiger partial charge in [-0.2, -0.15) is 0 Å². The summed E-state index contributed by atoms with van der Waals surface area (Å²) in [5, 5.41) is 0. The molecule has 0 fully saturated rings. The number of hydrogen-bond acceptors (Lipinski definition) is 5. The maximum absolute atomic E-state index is 13.4. The Morgan fingerprint density at radius 3 is 1.87 bits per heavy atom. The van der Waals surface area contributed by atoms with Crippen molar-refractivity contribution in [3.8, 4) is 5.75 Å². The van der Waals surface area contributed by atoms with Gasteiger partial charge >= 0.3 is 0 Å². The van der Waals surface area contributed by atoms with Crippen molar-refractivity contribution in [2.45, 2.75) is 4.90 Å². The zero-order chi connectivity index (χ0) is 21.3. The second-order valence-electron chi connectivity index (χ2n) is 6.57. The third-order valence-corrected chi connectivity index (χ3v) is 6.15. The lowest BCUT2D eigenvalue weighted by Crippen LogP contribution is -2.33. The highest BCUT2D eigenvalue weighted by atomic mass is 32.2. The van der Waals surface area contributed by atoms with Gasteiger partial charge in [0, 0.05) is 16.7 Å². The molecule has 1 aliphatic rings. The summed E-state index contributed by atoms with van der Waals surface area (Å²) in [4.78, 5) is 26.6. The number of hydrogen-bond donors (Lipinski definition) is 1. The van der Waals surface area contributed by atoms with Crippen molar-refractivity contribution >= 4 is 27.2 Å². The van der Waals surface area contributed by atoms with E-state index >= 15 is 0 Å². The number of fused-ring (bicyclic) bond motifs is 1. The average molecular weight is 419 g/mol. The molecule has 0 amide bonds. The van der Waals surface area contributed by atoms with Crippen LogP contribution in [0.25, 0.3) is 5.57 Å². The molecule has 0 atom stereocenters. The highest BCUT2D eigenvalue weighted by Crippen LogP contribution is 2.36. The summed E-state index contributed by atoms with van der Waals surface area (Å²) in [5.41, 5.74) is 0.347. The van der Waals surface area contributed by atoms with Gasteiger partial charge in [0.15, 0.2) is 5.78 Å². The Morgan fingerprint density at radius 2 is 1.23 bits per heavy atom. The number of allylic oxidation sites excluding steroid dienone is 2. The standard InChI is InChI=1S/C23H17NO5S/c1-29-19-14-8-7-13-18(19)20-21(24-30(27,28)15-9-3-2-4-10-15)23(26)17-12-6-5-11-16(17)22(20)25/h2-14,24H,1H3. The minimum absolute atomic E-state index is 0.0176. The van der Waals surface area contributed by atoms with E-state index in [2.05, 4.69) is 4.72 Å². The largest absolute Gasteiger partial charge is 0.496 e. The maximum Gasteiger partial charge on any atom is 0.262 e. The SMILES string of the molecule is COc1ccccc1C1=C(NS(=O)(=O)c2ccccc2)C(=O)c2ccccc2C1=O. The summed E-state index contributed by atoms with van der Waals surface area (Å²) < 4.78 is 33.6. The van der Waals surface area contributed by atoms with Crippen LogP contribution in [-0.4, -0.2) is 27.1 Å². The topological polar surface area (TPSA) is 89.5 Å². The molecule has 6 nitrogen and oxygen atoms in total. The molecule has 0 spiro atoms. The lowest BCUT2D eigenvalue weighted by Gasteiger charge is -2.23. The molecule has 1 aliphatic carbocycles. The van der Waals surface area contributed by atoms with Gasteiger partial charge in [-0.15, -0.1) is 0 Å². The molecular formula is C23H17NO5S. The zero-order valence-corrected chi connectivity index (χ0v) is 16.8. The van der Waals surface area contributed by atoms with Crippen LogP contribution in [0.15, 0.2) is 89.5 Å². The second kappa shape index (κ2) is 7.61. The van der Waals surface area contributed by atoms with Crippen molar-refractivity contribution in [3.63, 3.8) is 0 Å². The van der Waals surface area contributed by atoms with E-state index < -0.39 is 21.6 Å². The number of ether oxygens (including phenoxy) is 1. The van der Waals surface area contributed by atoms with Crippen molar-refractivity contribution in [2.75, 3.05) is 7.11 Å². The van der Waals surface area contributed by atoms with Crippen LogP contribution < -0.4 is 9.46 Å². The first-order chi connectivity index (χ1) is 14.4. The van der Waals surface area contributed by atoms with Crippen molar-refractivity contribution in [2.24, 2.45) is 0 Å². The molecule has 4 rings (SSSR count). The Balaban J connectivity index is 1.96. The van der Waals surface area contributed by atoms with E-state index in [1.54, 1.807) is 60.7 Å². The van der Waals surface area contributed by atoms with Crippen LogP contribution in [0.5, 0.6) is 5.75 Å². The average Bonchev–Trinajstić information content (AvgIpc) is 2.78. The van der Waals surface area contributed by atoms with E-state index in [1.807, 2.05) is 0 Å². The summed E-state index contributed by atoms with van der Waals surface area (Å²) in [6.07, 6.45) is 0. The van der Waals surface area contributed by atoms with Gasteiger partial charge in [-0.3, -0.25) is 14.3 Å². The smallest absolute Gasteiger partial charge is 0.262 e. The van der Waals surface area contributed by atoms with Gasteiger partial charge in [-0.25, -0.2) is 8.42 Å². The van der Waals surface area contributed by atoms with Crippen LogP contribution in [0.2, 0.25) is 0 Å². The van der Waals surface area contributed by atoms with Crippen molar-refractivity contribution in [1.29, 1.82) is 0 Å². The fraction of sp³-hybridized carbons (Fsp3) is 0.0435. The van der Waals surface area contributed by atoms with Crippen molar-refractivity contribution < 1.29 is 22.7 Å². The molecule has 0 aliphatic heterocycles. The fourth-order valence-corrected chi connectivity index (χ4v) is 4.47. The number of sulfonamides is 1. The normalized spacial score (nSPS) is 13.8. The van der Waals surface area contributed by atoms with Crippen LogP contribution >= 0.6 is 0 Å².